The Labute approximate surface area is 236 Å². The van der Waals surface area contributed by atoms with Crippen LogP contribution < -0.4 is 20.1 Å². The number of likely N-dealkylation sites (tertiary alicyclic amines) is 1. The van der Waals surface area contributed by atoms with E-state index in [-0.39, 0.29) is 12.6 Å². The summed E-state index contributed by atoms with van der Waals surface area (Å²) in [7, 11) is 3.39. The Morgan fingerprint density at radius 2 is 1.82 bits per heavy atom. The smallest absolute Gasteiger partial charge is 0.222 e. The summed E-state index contributed by atoms with van der Waals surface area (Å²) >= 11 is 0. The van der Waals surface area contributed by atoms with Crippen LogP contribution >= 0.6 is 0 Å². The average molecular weight is 556 g/mol. The number of nitrogen functional groups attached to an aromatic ring is 1. The van der Waals surface area contributed by atoms with Gasteiger partial charge >= 0.3 is 0 Å². The largest absolute Gasteiger partial charge is 0.496 e. The van der Waals surface area contributed by atoms with Crippen LogP contribution in [0.3, 0.4) is 0 Å². The van der Waals surface area contributed by atoms with Crippen molar-refractivity contribution in [3.05, 3.63) is 29.5 Å². The van der Waals surface area contributed by atoms with Crippen LogP contribution in [-0.4, -0.2) is 94.0 Å². The van der Waals surface area contributed by atoms with Gasteiger partial charge < -0.3 is 35.2 Å². The minimum atomic E-state index is -0.697. The summed E-state index contributed by atoms with van der Waals surface area (Å²) in [6.07, 6.45) is 5.84. The number of benzene rings is 1. The Hall–Kier alpha value is -3.15. The topological polar surface area (TPSA) is 135 Å². The third-order valence-corrected chi connectivity index (χ3v) is 7.46. The van der Waals surface area contributed by atoms with Crippen molar-refractivity contribution in [3.63, 3.8) is 0 Å². The number of aliphatic hydroxyl groups is 2. The first-order valence-electron chi connectivity index (χ1n) is 14.2. The Morgan fingerprint density at radius 3 is 2.45 bits per heavy atom. The molecule has 0 unspecified atom stereocenters. The Balaban J connectivity index is 1.60. The molecule has 0 amide bonds. The fourth-order valence-corrected chi connectivity index (χ4v) is 5.61. The normalized spacial score (nSPS) is 15.1. The number of hydrogen-bond donors (Lipinski definition) is 3. The maximum atomic E-state index is 10.2. The van der Waals surface area contributed by atoms with Gasteiger partial charge in [0.1, 0.15) is 17.0 Å². The highest BCUT2D eigenvalue weighted by atomic mass is 16.5. The number of nitrogens with two attached hydrogens (primary N) is 1. The summed E-state index contributed by atoms with van der Waals surface area (Å²) in [6.45, 7) is 10.0. The highest BCUT2D eigenvalue weighted by Gasteiger charge is 2.27. The number of β-amino-alcohol motifs (C(OH)–C–C–N with tert-alkyl or cyclic N) is 1. The molecule has 1 aromatic carbocycles. The summed E-state index contributed by atoms with van der Waals surface area (Å²) in [5, 5.41) is 24.7. The number of hydrogen-bond acceptors (Lipinski definition) is 10. The molecule has 1 aliphatic heterocycles. The Morgan fingerprint density at radius 1 is 1.10 bits per heavy atom. The van der Waals surface area contributed by atoms with Gasteiger partial charge in [-0.05, 0) is 64.3 Å². The minimum Gasteiger partial charge on any atom is -0.496 e. The fraction of sp³-hybridized carbons (Fsp3) is 0.621. The minimum absolute atomic E-state index is 0.0115. The number of piperidine rings is 1. The first kappa shape index (κ1) is 29.8. The van der Waals surface area contributed by atoms with Crippen molar-refractivity contribution in [1.29, 1.82) is 0 Å². The van der Waals surface area contributed by atoms with Gasteiger partial charge in [-0.1, -0.05) is 13.3 Å². The van der Waals surface area contributed by atoms with Crippen molar-refractivity contribution < 1.29 is 19.7 Å². The number of rotatable bonds is 13. The summed E-state index contributed by atoms with van der Waals surface area (Å²) < 4.78 is 13.5. The van der Waals surface area contributed by atoms with Crippen molar-refractivity contribution >= 4 is 22.8 Å². The number of anilines is 2. The van der Waals surface area contributed by atoms with Crippen molar-refractivity contribution in [3.8, 4) is 11.5 Å². The highest BCUT2D eigenvalue weighted by Crippen LogP contribution is 2.39. The zero-order valence-corrected chi connectivity index (χ0v) is 24.6. The van der Waals surface area contributed by atoms with Gasteiger partial charge in [-0.3, -0.25) is 4.68 Å². The van der Waals surface area contributed by atoms with Gasteiger partial charge in [0, 0.05) is 30.8 Å². The van der Waals surface area contributed by atoms with Crippen molar-refractivity contribution in [1.82, 2.24) is 24.6 Å². The van der Waals surface area contributed by atoms with Gasteiger partial charge in [0.25, 0.3) is 0 Å². The lowest BCUT2D eigenvalue weighted by molar-refractivity contribution is 0.0281. The molecule has 11 nitrogen and oxygen atoms in total. The van der Waals surface area contributed by atoms with Gasteiger partial charge in [-0.2, -0.15) is 10.1 Å². The lowest BCUT2D eigenvalue weighted by Gasteiger charge is -2.36. The van der Waals surface area contributed by atoms with E-state index >= 15 is 0 Å². The summed E-state index contributed by atoms with van der Waals surface area (Å²) in [4.78, 5) is 13.3. The van der Waals surface area contributed by atoms with Gasteiger partial charge in [0.2, 0.25) is 5.95 Å². The van der Waals surface area contributed by atoms with E-state index < -0.39 is 5.60 Å². The van der Waals surface area contributed by atoms with Gasteiger partial charge in [0.05, 0.1) is 39.2 Å². The molecule has 0 atom stereocenters. The molecule has 40 heavy (non-hydrogen) atoms. The standard InChI is InChI=1S/C29H45N7O4/c1-6-7-10-35(13-14-37)27-26-23(31-28(30)32-27)18-36(33-26)17-21-15-25(40-5)22(16-24(21)39-4)20-8-11-34(12-9-20)19-29(2,3)38/h15-16,18,20,37-38H,6-14,17,19H2,1-5H3,(H2,30,31). The molecule has 0 bridgehead atoms. The zero-order chi connectivity index (χ0) is 28.9. The fourth-order valence-electron chi connectivity index (χ4n) is 5.61. The molecular formula is C29H45N7O4. The molecule has 0 saturated carbocycles. The van der Waals surface area contributed by atoms with E-state index in [0.717, 1.165) is 67.9 Å². The maximum absolute atomic E-state index is 10.2. The molecule has 0 spiro atoms. The van der Waals surface area contributed by atoms with Crippen molar-refractivity contribution in [2.75, 3.05) is 64.2 Å². The Kier molecular flexibility index (Phi) is 9.70. The van der Waals surface area contributed by atoms with Crippen LogP contribution in [0.1, 0.15) is 63.5 Å². The van der Waals surface area contributed by atoms with Crippen molar-refractivity contribution in [2.24, 2.45) is 0 Å². The second kappa shape index (κ2) is 13.0. The quantitative estimate of drug-likeness (QED) is 0.289. The third kappa shape index (κ3) is 7.13. The van der Waals surface area contributed by atoms with Crippen LogP contribution in [0.25, 0.3) is 11.0 Å². The molecule has 0 radical (unpaired) electrons. The SMILES string of the molecule is CCCCN(CCO)c1nc(N)nc2cn(Cc3cc(OC)c(C4CCN(CC(C)(C)O)CC4)cc3OC)nc12. The van der Waals surface area contributed by atoms with Crippen LogP contribution in [0.5, 0.6) is 11.5 Å². The molecule has 1 saturated heterocycles. The monoisotopic (exact) mass is 555 g/mol. The molecular weight excluding hydrogens is 510 g/mol. The molecule has 3 heterocycles. The van der Waals surface area contributed by atoms with Gasteiger partial charge in [-0.15, -0.1) is 0 Å². The lowest BCUT2D eigenvalue weighted by Crippen LogP contribution is -2.42. The highest BCUT2D eigenvalue weighted by molar-refractivity contribution is 5.86. The van der Waals surface area contributed by atoms with E-state index in [0.29, 0.717) is 42.4 Å². The molecule has 1 fully saturated rings. The van der Waals surface area contributed by atoms with E-state index in [1.807, 2.05) is 35.7 Å². The number of aliphatic hydroxyl groups excluding tert-OH is 1. The van der Waals surface area contributed by atoms with Gasteiger partial charge in [0.15, 0.2) is 11.3 Å². The molecule has 11 heteroatoms. The predicted octanol–water partition coefficient (Wildman–Crippen LogP) is 3.02. The summed E-state index contributed by atoms with van der Waals surface area (Å²) in [5.41, 5.74) is 8.76. The Bertz CT molecular complexity index is 1270. The number of fused-ring (bicyclic) bond motifs is 1. The van der Waals surface area contributed by atoms with Crippen LogP contribution in [0.2, 0.25) is 0 Å². The molecule has 0 aliphatic carbocycles. The van der Waals surface area contributed by atoms with E-state index in [1.165, 1.54) is 0 Å². The third-order valence-electron chi connectivity index (χ3n) is 7.46. The molecule has 1 aliphatic rings. The van der Waals surface area contributed by atoms with Gasteiger partial charge in [-0.25, -0.2) is 4.98 Å². The summed E-state index contributed by atoms with van der Waals surface area (Å²) in [6, 6.07) is 4.15. The lowest BCUT2D eigenvalue weighted by atomic mass is 9.87. The number of nitrogens with zero attached hydrogens (tertiary/aromatic N) is 6. The first-order chi connectivity index (χ1) is 19.1. The van der Waals surface area contributed by atoms with Crippen LogP contribution in [0.4, 0.5) is 11.8 Å². The maximum Gasteiger partial charge on any atom is 0.222 e. The molecule has 4 N–H and O–H groups in total. The number of methoxy groups -OCH3 is 2. The molecule has 4 rings (SSSR count). The van der Waals surface area contributed by atoms with Crippen molar-refractivity contribution in [2.45, 2.75) is 64.5 Å². The second-order valence-electron chi connectivity index (χ2n) is 11.3. The zero-order valence-electron chi connectivity index (χ0n) is 24.6. The number of aromatic nitrogens is 4. The number of ether oxygens (including phenoxy) is 2. The molecule has 2 aromatic heterocycles. The predicted molar refractivity (Wildman–Crippen MR) is 157 cm³/mol. The van der Waals surface area contributed by atoms with E-state index in [1.54, 1.807) is 14.2 Å². The number of unbranched alkanes of at least 4 members (excludes halogenated alkanes) is 1. The molecule has 220 valence electrons. The second-order valence-corrected chi connectivity index (χ2v) is 11.3. The first-order valence-corrected chi connectivity index (χ1v) is 14.2. The van der Waals surface area contributed by atoms with E-state index in [9.17, 15) is 10.2 Å². The van der Waals surface area contributed by atoms with Crippen LogP contribution in [0.15, 0.2) is 18.3 Å². The van der Waals surface area contributed by atoms with Crippen LogP contribution in [-0.2, 0) is 6.54 Å². The van der Waals surface area contributed by atoms with E-state index in [4.69, 9.17) is 20.3 Å². The van der Waals surface area contributed by atoms with E-state index in [2.05, 4.69) is 27.9 Å². The average Bonchev–Trinajstić information content (AvgIpc) is 3.32. The van der Waals surface area contributed by atoms with Crippen LogP contribution in [0, 0.1) is 0 Å². The molecule has 3 aromatic rings. The summed E-state index contributed by atoms with van der Waals surface area (Å²) in [5.74, 6) is 2.79.